The van der Waals surface area contributed by atoms with Gasteiger partial charge in [-0.05, 0) is 48.0 Å². The van der Waals surface area contributed by atoms with Gasteiger partial charge in [-0.2, -0.15) is 5.10 Å². The van der Waals surface area contributed by atoms with Gasteiger partial charge in [0.25, 0.3) is 0 Å². The first-order chi connectivity index (χ1) is 15.2. The van der Waals surface area contributed by atoms with Gasteiger partial charge < -0.3 is 14.2 Å². The van der Waals surface area contributed by atoms with Crippen molar-refractivity contribution >= 4 is 35.0 Å². The van der Waals surface area contributed by atoms with E-state index in [2.05, 4.69) is 71.7 Å². The second-order valence-electron chi connectivity index (χ2n) is 9.69. The van der Waals surface area contributed by atoms with Crippen LogP contribution in [0.1, 0.15) is 25.8 Å². The van der Waals surface area contributed by atoms with Crippen molar-refractivity contribution in [3.63, 3.8) is 0 Å². The highest BCUT2D eigenvalue weighted by Crippen LogP contribution is 2.42. The van der Waals surface area contributed by atoms with E-state index in [4.69, 9.17) is 19.3 Å². The Balaban J connectivity index is 1.68. The molecule has 172 valence electrons. The summed E-state index contributed by atoms with van der Waals surface area (Å²) in [4.78, 5) is 4.62. The van der Waals surface area contributed by atoms with Crippen LogP contribution in [0.2, 0.25) is 25.7 Å². The van der Waals surface area contributed by atoms with Crippen LogP contribution in [0.3, 0.4) is 0 Å². The van der Waals surface area contributed by atoms with Crippen LogP contribution in [0.5, 0.6) is 5.75 Å². The van der Waals surface area contributed by atoms with Crippen molar-refractivity contribution in [1.29, 1.82) is 0 Å². The molecular weight excluding hydrogens is 486 g/mol. The zero-order chi connectivity index (χ0) is 22.9. The summed E-state index contributed by atoms with van der Waals surface area (Å²) >= 11 is 3.56. The topological polar surface area (TPSA) is 58.4 Å². The minimum atomic E-state index is -1.14. The second-order valence-corrected chi connectivity index (χ2v) is 16.2. The number of aromatic nitrogens is 3. The Hall–Kier alpha value is -1.74. The summed E-state index contributed by atoms with van der Waals surface area (Å²) in [6.07, 6.45) is 2.65. The summed E-state index contributed by atoms with van der Waals surface area (Å²) in [7, 11) is -1.14. The molecule has 0 spiro atoms. The first-order valence-corrected chi connectivity index (χ1v) is 15.7. The molecule has 0 aliphatic carbocycles. The maximum atomic E-state index is 6.08. The summed E-state index contributed by atoms with van der Waals surface area (Å²) in [6.45, 7) is 13.7. The van der Waals surface area contributed by atoms with Crippen molar-refractivity contribution in [2.45, 2.75) is 58.3 Å². The largest absolute Gasteiger partial charge is 0.493 e. The summed E-state index contributed by atoms with van der Waals surface area (Å²) in [5.74, 6) is 0.863. The molecule has 2 aromatic heterocycles. The van der Waals surface area contributed by atoms with E-state index in [1.54, 1.807) is 6.20 Å². The maximum absolute atomic E-state index is 6.08. The fourth-order valence-electron chi connectivity index (χ4n) is 4.05. The Labute approximate surface area is 199 Å². The van der Waals surface area contributed by atoms with Crippen molar-refractivity contribution in [3.8, 4) is 17.0 Å². The first-order valence-electron chi connectivity index (χ1n) is 11.2. The highest BCUT2D eigenvalue weighted by Gasteiger charge is 2.34. The molecule has 0 fully saturated rings. The third-order valence-corrected chi connectivity index (χ3v) is 8.03. The van der Waals surface area contributed by atoms with Crippen LogP contribution in [0.15, 0.2) is 34.9 Å². The molecule has 1 aromatic carbocycles. The molecule has 1 unspecified atom stereocenters. The first kappa shape index (κ1) is 23.4. The van der Waals surface area contributed by atoms with Crippen molar-refractivity contribution in [3.05, 3.63) is 40.5 Å². The SMILES string of the molecule is CCOC1(C)CCOc2cc(-c3nn(COCC[Si](C)(C)C)c4ncc(Br)cc34)ccc21. The van der Waals surface area contributed by atoms with E-state index >= 15 is 0 Å². The lowest BCUT2D eigenvalue weighted by molar-refractivity contribution is -0.0551. The van der Waals surface area contributed by atoms with E-state index in [9.17, 15) is 0 Å². The Kier molecular flexibility index (Phi) is 6.77. The lowest BCUT2D eigenvalue weighted by Crippen LogP contribution is -2.32. The Morgan fingerprint density at radius 1 is 1.25 bits per heavy atom. The Morgan fingerprint density at radius 3 is 2.81 bits per heavy atom. The number of pyridine rings is 1. The molecule has 0 bridgehead atoms. The smallest absolute Gasteiger partial charge is 0.160 e. The highest BCUT2D eigenvalue weighted by atomic mass is 79.9. The fraction of sp³-hybridized carbons (Fsp3) is 0.500. The van der Waals surface area contributed by atoms with Crippen LogP contribution < -0.4 is 4.74 Å². The maximum Gasteiger partial charge on any atom is 0.160 e. The summed E-state index contributed by atoms with van der Waals surface area (Å²) in [5, 5.41) is 5.87. The van der Waals surface area contributed by atoms with Gasteiger partial charge >= 0.3 is 0 Å². The van der Waals surface area contributed by atoms with Crippen LogP contribution in [0.4, 0.5) is 0 Å². The van der Waals surface area contributed by atoms with Gasteiger partial charge in [0.1, 0.15) is 18.2 Å². The lowest BCUT2D eigenvalue weighted by atomic mass is 9.88. The van der Waals surface area contributed by atoms with E-state index in [1.807, 2.05) is 11.6 Å². The normalized spacial score (nSPS) is 18.6. The monoisotopic (exact) mass is 517 g/mol. The molecule has 3 aromatic rings. The van der Waals surface area contributed by atoms with Gasteiger partial charge in [-0.3, -0.25) is 0 Å². The lowest BCUT2D eigenvalue weighted by Gasteiger charge is -2.35. The van der Waals surface area contributed by atoms with Crippen LogP contribution in [0.25, 0.3) is 22.3 Å². The molecular formula is C24H32BrN3O3Si. The quantitative estimate of drug-likeness (QED) is 0.262. The number of benzene rings is 1. The van der Waals surface area contributed by atoms with Gasteiger partial charge in [0.15, 0.2) is 5.65 Å². The van der Waals surface area contributed by atoms with Crippen LogP contribution in [-0.2, 0) is 21.8 Å². The third kappa shape index (κ3) is 4.93. The van der Waals surface area contributed by atoms with Crippen molar-refractivity contribution in [2.24, 2.45) is 0 Å². The number of hydrogen-bond acceptors (Lipinski definition) is 5. The fourth-order valence-corrected chi connectivity index (χ4v) is 5.14. The van der Waals surface area contributed by atoms with Crippen molar-refractivity contribution in [1.82, 2.24) is 14.8 Å². The van der Waals surface area contributed by atoms with Crippen LogP contribution in [0, 0.1) is 0 Å². The van der Waals surface area contributed by atoms with Gasteiger partial charge in [0, 0.05) is 54.9 Å². The Morgan fingerprint density at radius 2 is 2.06 bits per heavy atom. The minimum Gasteiger partial charge on any atom is -0.493 e. The molecule has 0 radical (unpaired) electrons. The van der Waals surface area contributed by atoms with Crippen LogP contribution in [-0.4, -0.2) is 42.7 Å². The molecule has 1 aliphatic rings. The molecule has 0 amide bonds. The second kappa shape index (κ2) is 9.25. The number of halogens is 1. The summed E-state index contributed by atoms with van der Waals surface area (Å²) in [6, 6.07) is 9.47. The number of ether oxygens (including phenoxy) is 3. The molecule has 4 rings (SSSR count). The molecule has 0 N–H and O–H groups in total. The van der Waals surface area contributed by atoms with E-state index in [-0.39, 0.29) is 5.60 Å². The minimum absolute atomic E-state index is 0.322. The molecule has 6 nitrogen and oxygen atoms in total. The predicted molar refractivity (Wildman–Crippen MR) is 134 cm³/mol. The van der Waals surface area contributed by atoms with E-state index in [1.165, 1.54) is 0 Å². The third-order valence-electron chi connectivity index (χ3n) is 5.89. The van der Waals surface area contributed by atoms with Gasteiger partial charge in [-0.25, -0.2) is 9.67 Å². The highest BCUT2D eigenvalue weighted by molar-refractivity contribution is 9.10. The van der Waals surface area contributed by atoms with E-state index in [0.29, 0.717) is 19.9 Å². The number of rotatable bonds is 8. The van der Waals surface area contributed by atoms with Gasteiger partial charge in [0.05, 0.1) is 12.2 Å². The molecule has 32 heavy (non-hydrogen) atoms. The number of hydrogen-bond donors (Lipinski definition) is 0. The number of nitrogens with zero attached hydrogens (tertiary/aromatic N) is 3. The molecule has 0 saturated carbocycles. The zero-order valence-electron chi connectivity index (χ0n) is 19.6. The van der Waals surface area contributed by atoms with Gasteiger partial charge in [-0.15, -0.1) is 0 Å². The van der Waals surface area contributed by atoms with Crippen molar-refractivity contribution < 1.29 is 14.2 Å². The average molecular weight is 519 g/mol. The summed E-state index contributed by atoms with van der Waals surface area (Å²) < 4.78 is 20.8. The Bertz CT molecular complexity index is 1110. The molecule has 3 heterocycles. The molecule has 1 atom stereocenters. The van der Waals surface area contributed by atoms with Crippen LogP contribution >= 0.6 is 15.9 Å². The average Bonchev–Trinajstić information content (AvgIpc) is 3.08. The standard InChI is InChI=1S/C24H32BrN3O3Si/c1-6-31-24(2)9-10-30-21-13-17(7-8-20(21)24)22-19-14-18(25)15-26-23(19)28(27-22)16-29-11-12-32(3,4)5/h7-8,13-15H,6,9-12,16H2,1-5H3. The zero-order valence-corrected chi connectivity index (χ0v) is 22.2. The molecule has 0 saturated heterocycles. The van der Waals surface area contributed by atoms with E-state index in [0.717, 1.165) is 57.1 Å². The molecule has 1 aliphatic heterocycles. The van der Waals surface area contributed by atoms with E-state index < -0.39 is 8.07 Å². The number of fused-ring (bicyclic) bond motifs is 2. The van der Waals surface area contributed by atoms with Gasteiger partial charge in [0.2, 0.25) is 0 Å². The van der Waals surface area contributed by atoms with Crippen molar-refractivity contribution in [2.75, 3.05) is 19.8 Å². The summed E-state index contributed by atoms with van der Waals surface area (Å²) in [5.41, 5.74) is 3.45. The van der Waals surface area contributed by atoms with Gasteiger partial charge in [-0.1, -0.05) is 31.8 Å². The molecule has 8 heteroatoms. The predicted octanol–water partition coefficient (Wildman–Crippen LogP) is 6.21.